The van der Waals surface area contributed by atoms with Gasteiger partial charge < -0.3 is 5.32 Å². The first kappa shape index (κ1) is 14.5. The lowest BCUT2D eigenvalue weighted by molar-refractivity contribution is 0.208. The molecule has 1 aliphatic rings. The summed E-state index contributed by atoms with van der Waals surface area (Å²) >= 11 is 0. The predicted octanol–water partition coefficient (Wildman–Crippen LogP) is 2.42. The summed E-state index contributed by atoms with van der Waals surface area (Å²) in [7, 11) is 0. The van der Waals surface area contributed by atoms with Crippen molar-refractivity contribution in [3.63, 3.8) is 0 Å². The summed E-state index contributed by atoms with van der Waals surface area (Å²) < 4.78 is 0. The summed E-state index contributed by atoms with van der Waals surface area (Å²) in [5.74, 6) is 0.840. The molecule has 0 bridgehead atoms. The molecule has 0 radical (unpaired) electrons. The lowest BCUT2D eigenvalue weighted by Crippen LogP contribution is -2.41. The summed E-state index contributed by atoms with van der Waals surface area (Å²) in [5.41, 5.74) is 1.84. The first-order chi connectivity index (χ1) is 10.8. The lowest BCUT2D eigenvalue weighted by Gasteiger charge is -2.33. The molecule has 5 nitrogen and oxygen atoms in total. The fourth-order valence-electron chi connectivity index (χ4n) is 2.82. The van der Waals surface area contributed by atoms with Crippen molar-refractivity contribution in [1.29, 1.82) is 5.26 Å². The highest BCUT2D eigenvalue weighted by atomic mass is 15.2. The highest BCUT2D eigenvalue weighted by Gasteiger charge is 2.20. The fourth-order valence-corrected chi connectivity index (χ4v) is 2.82. The number of piperidine rings is 1. The smallest absolute Gasteiger partial charge is 0.126 e. The van der Waals surface area contributed by atoms with Gasteiger partial charge in [0.1, 0.15) is 11.9 Å². The van der Waals surface area contributed by atoms with Crippen molar-refractivity contribution in [3.05, 3.63) is 54.0 Å². The number of likely N-dealkylation sites (tertiary alicyclic amines) is 1. The number of rotatable bonds is 4. The molecule has 0 aromatic carbocycles. The van der Waals surface area contributed by atoms with Crippen LogP contribution in [0.25, 0.3) is 0 Å². The van der Waals surface area contributed by atoms with E-state index >= 15 is 0 Å². The number of hydrogen-bond donors (Lipinski definition) is 1. The molecule has 1 atom stereocenters. The molecule has 3 rings (SSSR count). The average molecular weight is 293 g/mol. The van der Waals surface area contributed by atoms with Crippen LogP contribution < -0.4 is 5.32 Å². The molecule has 112 valence electrons. The Balaban J connectivity index is 1.57. The van der Waals surface area contributed by atoms with Gasteiger partial charge in [-0.05, 0) is 43.1 Å². The maximum atomic E-state index is 8.80. The van der Waals surface area contributed by atoms with Gasteiger partial charge in [-0.2, -0.15) is 5.26 Å². The molecule has 0 saturated carbocycles. The molecule has 0 spiro atoms. The monoisotopic (exact) mass is 293 g/mol. The lowest BCUT2D eigenvalue weighted by atomic mass is 10.0. The Bertz CT molecular complexity index is 632. The Labute approximate surface area is 130 Å². The maximum absolute atomic E-state index is 8.80. The van der Waals surface area contributed by atoms with E-state index in [4.69, 9.17) is 5.26 Å². The Kier molecular flexibility index (Phi) is 4.62. The molecule has 2 aromatic heterocycles. The first-order valence-corrected chi connectivity index (χ1v) is 7.57. The third kappa shape index (κ3) is 3.80. The Morgan fingerprint density at radius 1 is 1.32 bits per heavy atom. The van der Waals surface area contributed by atoms with Crippen LogP contribution in [-0.4, -0.2) is 34.0 Å². The van der Waals surface area contributed by atoms with Gasteiger partial charge in [-0.1, -0.05) is 6.07 Å². The molecule has 1 fully saturated rings. The van der Waals surface area contributed by atoms with Gasteiger partial charge in [0.05, 0.1) is 5.56 Å². The van der Waals surface area contributed by atoms with Crippen molar-refractivity contribution in [1.82, 2.24) is 14.9 Å². The third-order valence-corrected chi connectivity index (χ3v) is 3.88. The molecule has 2 aromatic rings. The molecule has 0 aliphatic carbocycles. The van der Waals surface area contributed by atoms with Crippen LogP contribution in [0.15, 0.2) is 42.9 Å². The highest BCUT2D eigenvalue weighted by molar-refractivity contribution is 5.39. The third-order valence-electron chi connectivity index (χ3n) is 3.88. The maximum Gasteiger partial charge on any atom is 0.126 e. The SMILES string of the molecule is N#Cc1ccc(N[C@H]2CCCN(Cc3cccnc3)C2)nc1. The quantitative estimate of drug-likeness (QED) is 0.938. The number of anilines is 1. The molecular weight excluding hydrogens is 274 g/mol. The summed E-state index contributed by atoms with van der Waals surface area (Å²) in [6, 6.07) is 10.3. The Morgan fingerprint density at radius 2 is 2.27 bits per heavy atom. The Hall–Kier alpha value is -2.45. The minimum Gasteiger partial charge on any atom is -0.366 e. The van der Waals surface area contributed by atoms with E-state index in [0.717, 1.165) is 31.9 Å². The zero-order chi connectivity index (χ0) is 15.2. The van der Waals surface area contributed by atoms with E-state index in [1.54, 1.807) is 18.5 Å². The zero-order valence-corrected chi connectivity index (χ0v) is 12.4. The van der Waals surface area contributed by atoms with Gasteiger partial charge in [0.2, 0.25) is 0 Å². The van der Waals surface area contributed by atoms with Crippen molar-refractivity contribution in [2.24, 2.45) is 0 Å². The molecule has 0 amide bonds. The number of pyridine rings is 2. The van der Waals surface area contributed by atoms with Crippen LogP contribution in [0.5, 0.6) is 0 Å². The van der Waals surface area contributed by atoms with Gasteiger partial charge >= 0.3 is 0 Å². The first-order valence-electron chi connectivity index (χ1n) is 7.57. The van der Waals surface area contributed by atoms with Crippen LogP contribution >= 0.6 is 0 Å². The second kappa shape index (κ2) is 7.01. The van der Waals surface area contributed by atoms with E-state index < -0.39 is 0 Å². The predicted molar refractivity (Wildman–Crippen MR) is 85.1 cm³/mol. The van der Waals surface area contributed by atoms with Crippen molar-refractivity contribution >= 4 is 5.82 Å². The summed E-state index contributed by atoms with van der Waals surface area (Å²) in [4.78, 5) is 10.9. The van der Waals surface area contributed by atoms with Gasteiger partial charge in [0.15, 0.2) is 0 Å². The van der Waals surface area contributed by atoms with Crippen LogP contribution in [0, 0.1) is 11.3 Å². The Morgan fingerprint density at radius 3 is 3.00 bits per heavy atom. The van der Waals surface area contributed by atoms with Crippen molar-refractivity contribution in [2.45, 2.75) is 25.4 Å². The normalized spacial score (nSPS) is 18.6. The van der Waals surface area contributed by atoms with Crippen LogP contribution in [0.2, 0.25) is 0 Å². The number of aromatic nitrogens is 2. The van der Waals surface area contributed by atoms with E-state index in [1.807, 2.05) is 18.3 Å². The van der Waals surface area contributed by atoms with E-state index in [9.17, 15) is 0 Å². The topological polar surface area (TPSA) is 64.8 Å². The van der Waals surface area contributed by atoms with Crippen LogP contribution in [0.3, 0.4) is 0 Å². The highest BCUT2D eigenvalue weighted by Crippen LogP contribution is 2.16. The van der Waals surface area contributed by atoms with Crippen molar-refractivity contribution in [3.8, 4) is 6.07 Å². The van der Waals surface area contributed by atoms with Gasteiger partial charge in [-0.15, -0.1) is 0 Å². The largest absolute Gasteiger partial charge is 0.366 e. The van der Waals surface area contributed by atoms with E-state index in [2.05, 4.69) is 32.3 Å². The van der Waals surface area contributed by atoms with Crippen LogP contribution in [0.1, 0.15) is 24.0 Å². The summed E-state index contributed by atoms with van der Waals surface area (Å²) in [5, 5.41) is 12.3. The van der Waals surface area contributed by atoms with Crippen molar-refractivity contribution in [2.75, 3.05) is 18.4 Å². The second-order valence-electron chi connectivity index (χ2n) is 5.62. The average Bonchev–Trinajstić information content (AvgIpc) is 2.57. The second-order valence-corrected chi connectivity index (χ2v) is 5.62. The molecule has 1 aliphatic heterocycles. The van der Waals surface area contributed by atoms with Gasteiger partial charge in [0.25, 0.3) is 0 Å². The van der Waals surface area contributed by atoms with Crippen molar-refractivity contribution < 1.29 is 0 Å². The number of hydrogen-bond acceptors (Lipinski definition) is 5. The number of nitrogens with one attached hydrogen (secondary N) is 1. The van der Waals surface area contributed by atoms with Gasteiger partial charge in [0, 0.05) is 37.7 Å². The molecule has 5 heteroatoms. The number of nitrogens with zero attached hydrogens (tertiary/aromatic N) is 4. The minimum atomic E-state index is 0.394. The van der Waals surface area contributed by atoms with Crippen LogP contribution in [-0.2, 0) is 6.54 Å². The molecular formula is C17H19N5. The van der Waals surface area contributed by atoms with Crippen LogP contribution in [0.4, 0.5) is 5.82 Å². The zero-order valence-electron chi connectivity index (χ0n) is 12.4. The molecule has 1 N–H and O–H groups in total. The van der Waals surface area contributed by atoms with E-state index in [0.29, 0.717) is 11.6 Å². The molecule has 1 saturated heterocycles. The number of nitriles is 1. The fraction of sp³-hybridized carbons (Fsp3) is 0.353. The molecule has 22 heavy (non-hydrogen) atoms. The van der Waals surface area contributed by atoms with Gasteiger partial charge in [-0.3, -0.25) is 9.88 Å². The molecule has 0 unspecified atom stereocenters. The van der Waals surface area contributed by atoms with E-state index in [-0.39, 0.29) is 0 Å². The summed E-state index contributed by atoms with van der Waals surface area (Å²) in [6.45, 7) is 3.05. The standard InChI is InChI=1S/C17H19N5/c18-9-14-5-6-17(20-11-14)21-16-4-2-8-22(13-16)12-15-3-1-7-19-10-15/h1,3,5-7,10-11,16H,2,4,8,12-13H2,(H,20,21)/t16-/m0/s1. The van der Waals surface area contributed by atoms with Gasteiger partial charge in [-0.25, -0.2) is 4.98 Å². The van der Waals surface area contributed by atoms with E-state index in [1.165, 1.54) is 12.0 Å². The molecule has 3 heterocycles. The minimum absolute atomic E-state index is 0.394. The summed E-state index contributed by atoms with van der Waals surface area (Å²) in [6.07, 6.45) is 7.66.